The highest BCUT2D eigenvalue weighted by Crippen LogP contribution is 2.29. The number of benzene rings is 4. The highest BCUT2D eigenvalue weighted by atomic mass is 16.2. The van der Waals surface area contributed by atoms with Gasteiger partial charge in [0.15, 0.2) is 0 Å². The molecule has 0 bridgehead atoms. The Labute approximate surface area is 208 Å². The third-order valence-electron chi connectivity index (χ3n) is 6.95. The molecule has 3 heteroatoms. The van der Waals surface area contributed by atoms with Crippen LogP contribution in [0.15, 0.2) is 115 Å². The summed E-state index contributed by atoms with van der Waals surface area (Å²) in [4.78, 5) is 17.5. The van der Waals surface area contributed by atoms with E-state index >= 15 is 0 Å². The molecule has 0 N–H and O–H groups in total. The van der Waals surface area contributed by atoms with Crippen LogP contribution in [-0.4, -0.2) is 41.9 Å². The summed E-state index contributed by atoms with van der Waals surface area (Å²) in [6, 6.07) is 40.6. The molecular weight excluding hydrogens is 428 g/mol. The molecule has 1 fully saturated rings. The minimum atomic E-state index is 0.220. The van der Waals surface area contributed by atoms with Crippen molar-refractivity contribution >= 4 is 5.91 Å². The Kier molecular flexibility index (Phi) is 7.35. The van der Waals surface area contributed by atoms with Gasteiger partial charge in [0.25, 0.3) is 0 Å². The molecule has 176 valence electrons. The van der Waals surface area contributed by atoms with E-state index in [0.29, 0.717) is 6.42 Å². The summed E-state index contributed by atoms with van der Waals surface area (Å²) < 4.78 is 0. The molecule has 0 aromatic heterocycles. The third-order valence-corrected chi connectivity index (χ3v) is 6.95. The highest BCUT2D eigenvalue weighted by molar-refractivity contribution is 5.76. The van der Waals surface area contributed by atoms with E-state index in [1.807, 2.05) is 11.0 Å². The fourth-order valence-electron chi connectivity index (χ4n) is 5.02. The fraction of sp³-hybridized carbons (Fsp3) is 0.219. The summed E-state index contributed by atoms with van der Waals surface area (Å²) in [6.07, 6.45) is 1.34. The van der Waals surface area contributed by atoms with Gasteiger partial charge in [-0.2, -0.15) is 0 Å². The largest absolute Gasteiger partial charge is 0.340 e. The minimum absolute atomic E-state index is 0.220. The molecule has 0 spiro atoms. The van der Waals surface area contributed by atoms with Crippen molar-refractivity contribution in [3.8, 4) is 11.1 Å². The quantitative estimate of drug-likeness (QED) is 0.327. The molecule has 0 aliphatic carbocycles. The molecule has 1 aliphatic heterocycles. The van der Waals surface area contributed by atoms with Gasteiger partial charge in [-0.3, -0.25) is 9.69 Å². The third kappa shape index (κ3) is 5.70. The van der Waals surface area contributed by atoms with Gasteiger partial charge in [0.05, 0.1) is 6.04 Å². The van der Waals surface area contributed by atoms with E-state index in [1.165, 1.54) is 27.8 Å². The van der Waals surface area contributed by atoms with Crippen molar-refractivity contribution in [2.75, 3.05) is 26.2 Å². The predicted octanol–water partition coefficient (Wildman–Crippen LogP) is 6.22. The second-order valence-electron chi connectivity index (χ2n) is 9.20. The van der Waals surface area contributed by atoms with Crippen LogP contribution in [0, 0.1) is 0 Å². The number of carbonyl (C=O) groups excluding carboxylic acids is 1. The van der Waals surface area contributed by atoms with Crippen molar-refractivity contribution in [2.45, 2.75) is 18.9 Å². The Hall–Kier alpha value is -3.69. The van der Waals surface area contributed by atoms with Crippen LogP contribution in [0.1, 0.15) is 29.2 Å². The summed E-state index contributed by atoms with van der Waals surface area (Å²) in [5, 5.41) is 0. The van der Waals surface area contributed by atoms with Crippen molar-refractivity contribution in [2.24, 2.45) is 0 Å². The summed E-state index contributed by atoms with van der Waals surface area (Å²) in [6.45, 7) is 3.32. The second kappa shape index (κ2) is 11.2. The fourth-order valence-corrected chi connectivity index (χ4v) is 5.02. The first-order valence-electron chi connectivity index (χ1n) is 12.5. The average Bonchev–Trinajstić information content (AvgIpc) is 2.94. The van der Waals surface area contributed by atoms with Crippen LogP contribution >= 0.6 is 0 Å². The van der Waals surface area contributed by atoms with E-state index < -0.39 is 0 Å². The molecular formula is C32H32N2O. The van der Waals surface area contributed by atoms with E-state index in [4.69, 9.17) is 0 Å². The Morgan fingerprint density at radius 3 is 1.63 bits per heavy atom. The van der Waals surface area contributed by atoms with Crippen LogP contribution < -0.4 is 0 Å². The number of amides is 1. The maximum absolute atomic E-state index is 13.0. The van der Waals surface area contributed by atoms with Crippen LogP contribution in [0.4, 0.5) is 0 Å². The molecule has 4 aromatic rings. The lowest BCUT2D eigenvalue weighted by atomic mass is 9.96. The first kappa shape index (κ1) is 23.1. The Bertz CT molecular complexity index is 1160. The topological polar surface area (TPSA) is 23.6 Å². The van der Waals surface area contributed by atoms with E-state index in [0.717, 1.165) is 32.6 Å². The molecule has 0 saturated carbocycles. The number of carbonyl (C=O) groups is 1. The molecule has 1 aliphatic rings. The molecule has 0 radical (unpaired) electrons. The predicted molar refractivity (Wildman–Crippen MR) is 143 cm³/mol. The molecule has 1 amide bonds. The lowest BCUT2D eigenvalue weighted by Crippen LogP contribution is -2.49. The van der Waals surface area contributed by atoms with E-state index in [1.54, 1.807) is 0 Å². The first-order chi connectivity index (χ1) is 17.3. The summed E-state index contributed by atoms with van der Waals surface area (Å²) in [5.41, 5.74) is 6.25. The molecule has 3 nitrogen and oxygen atoms in total. The molecule has 0 unspecified atom stereocenters. The smallest absolute Gasteiger partial charge is 0.222 e. The Morgan fingerprint density at radius 2 is 1.09 bits per heavy atom. The van der Waals surface area contributed by atoms with Crippen LogP contribution in [0.25, 0.3) is 11.1 Å². The van der Waals surface area contributed by atoms with Gasteiger partial charge < -0.3 is 4.90 Å². The number of hydrogen-bond donors (Lipinski definition) is 0. The van der Waals surface area contributed by atoms with Gasteiger partial charge in [0.2, 0.25) is 5.91 Å². The van der Waals surface area contributed by atoms with E-state index in [-0.39, 0.29) is 11.9 Å². The van der Waals surface area contributed by atoms with Crippen molar-refractivity contribution in [3.63, 3.8) is 0 Å². The molecule has 0 atom stereocenters. The number of hydrogen-bond acceptors (Lipinski definition) is 2. The van der Waals surface area contributed by atoms with Gasteiger partial charge in [0.1, 0.15) is 0 Å². The lowest BCUT2D eigenvalue weighted by Gasteiger charge is -2.40. The van der Waals surface area contributed by atoms with Crippen molar-refractivity contribution in [1.29, 1.82) is 0 Å². The molecule has 1 saturated heterocycles. The zero-order valence-electron chi connectivity index (χ0n) is 20.1. The number of aryl methyl sites for hydroxylation is 1. The van der Waals surface area contributed by atoms with Gasteiger partial charge in [-0.05, 0) is 34.2 Å². The van der Waals surface area contributed by atoms with Crippen molar-refractivity contribution in [1.82, 2.24) is 9.80 Å². The zero-order valence-corrected chi connectivity index (χ0v) is 20.1. The monoisotopic (exact) mass is 460 g/mol. The lowest BCUT2D eigenvalue weighted by molar-refractivity contribution is -0.133. The summed E-state index contributed by atoms with van der Waals surface area (Å²) in [5.74, 6) is 0.257. The van der Waals surface area contributed by atoms with E-state index in [9.17, 15) is 4.79 Å². The van der Waals surface area contributed by atoms with Crippen LogP contribution in [0.2, 0.25) is 0 Å². The summed E-state index contributed by atoms with van der Waals surface area (Å²) in [7, 11) is 0. The first-order valence-corrected chi connectivity index (χ1v) is 12.5. The zero-order chi connectivity index (χ0) is 23.9. The van der Waals surface area contributed by atoms with Gasteiger partial charge >= 0.3 is 0 Å². The van der Waals surface area contributed by atoms with Crippen LogP contribution in [0.5, 0.6) is 0 Å². The molecule has 4 aromatic carbocycles. The van der Waals surface area contributed by atoms with Crippen molar-refractivity contribution in [3.05, 3.63) is 132 Å². The summed E-state index contributed by atoms with van der Waals surface area (Å²) >= 11 is 0. The second-order valence-corrected chi connectivity index (χ2v) is 9.20. The van der Waals surface area contributed by atoms with E-state index in [2.05, 4.69) is 114 Å². The van der Waals surface area contributed by atoms with Gasteiger partial charge in [-0.15, -0.1) is 0 Å². The number of piperazine rings is 1. The SMILES string of the molecule is O=C(CCc1ccc(-c2ccccc2)cc1)N1CCN(C(c2ccccc2)c2ccccc2)CC1. The molecule has 5 rings (SSSR count). The van der Waals surface area contributed by atoms with Crippen molar-refractivity contribution < 1.29 is 4.79 Å². The van der Waals surface area contributed by atoms with Gasteiger partial charge in [0, 0.05) is 32.6 Å². The maximum Gasteiger partial charge on any atom is 0.222 e. The highest BCUT2D eigenvalue weighted by Gasteiger charge is 2.27. The number of nitrogens with zero attached hydrogens (tertiary/aromatic N) is 2. The Morgan fingerprint density at radius 1 is 0.600 bits per heavy atom. The molecule has 1 heterocycles. The van der Waals surface area contributed by atoms with Gasteiger partial charge in [-0.1, -0.05) is 115 Å². The minimum Gasteiger partial charge on any atom is -0.340 e. The standard InChI is InChI=1S/C32H32N2O/c35-31(21-18-26-16-19-28(20-17-26)27-10-4-1-5-11-27)33-22-24-34(25-23-33)32(29-12-6-2-7-13-29)30-14-8-3-9-15-30/h1-17,19-20,32H,18,21-25H2. The van der Waals surface area contributed by atoms with Gasteiger partial charge in [-0.25, -0.2) is 0 Å². The number of rotatable bonds is 7. The maximum atomic E-state index is 13.0. The van der Waals surface area contributed by atoms with Crippen LogP contribution in [-0.2, 0) is 11.2 Å². The molecule has 35 heavy (non-hydrogen) atoms. The Balaban J connectivity index is 1.17. The van der Waals surface area contributed by atoms with Crippen LogP contribution in [0.3, 0.4) is 0 Å². The average molecular weight is 461 g/mol. The normalized spacial score (nSPS) is 14.3.